The van der Waals surface area contributed by atoms with Crippen LogP contribution in [0.4, 0.5) is 4.39 Å². The highest BCUT2D eigenvalue weighted by atomic mass is 35.5. The summed E-state index contributed by atoms with van der Waals surface area (Å²) in [4.78, 5) is 0. The van der Waals surface area contributed by atoms with Crippen molar-refractivity contribution in [3.05, 3.63) is 62.8 Å². The summed E-state index contributed by atoms with van der Waals surface area (Å²) in [5.41, 5.74) is 6.55. The highest BCUT2D eigenvalue weighted by molar-refractivity contribution is 6.43. The molecule has 0 heterocycles. The maximum Gasteiger partial charge on any atom is 0.140 e. The molecule has 0 aliphatic heterocycles. The van der Waals surface area contributed by atoms with Gasteiger partial charge >= 0.3 is 0 Å². The van der Waals surface area contributed by atoms with Crippen molar-refractivity contribution in [1.29, 1.82) is 0 Å². The van der Waals surface area contributed by atoms with Gasteiger partial charge in [0.1, 0.15) is 17.7 Å². The molecular formula is C15H13Cl3FNO. The summed E-state index contributed by atoms with van der Waals surface area (Å²) in [5, 5.41) is 0.960. The number of halogens is 4. The largest absolute Gasteiger partial charge is 0.482 e. The Balaban J connectivity index is 2.35. The van der Waals surface area contributed by atoms with Crippen molar-refractivity contribution in [3.63, 3.8) is 0 Å². The fourth-order valence-corrected chi connectivity index (χ4v) is 2.48. The molecule has 0 saturated heterocycles. The molecule has 2 atom stereocenters. The van der Waals surface area contributed by atoms with Gasteiger partial charge < -0.3 is 10.5 Å². The lowest BCUT2D eigenvalue weighted by Gasteiger charge is -2.24. The molecule has 21 heavy (non-hydrogen) atoms. The zero-order valence-electron chi connectivity index (χ0n) is 11.1. The molecule has 0 aliphatic carbocycles. The SMILES string of the molecule is CC(N)C(Oc1cc(Cl)c(Cl)cc1Cl)c1cccc(F)c1. The van der Waals surface area contributed by atoms with Crippen LogP contribution in [0, 0.1) is 5.82 Å². The van der Waals surface area contributed by atoms with Crippen LogP contribution in [-0.4, -0.2) is 6.04 Å². The molecule has 0 amide bonds. The minimum absolute atomic E-state index is 0.312. The molecule has 0 radical (unpaired) electrons. The average Bonchev–Trinajstić information content (AvgIpc) is 2.41. The summed E-state index contributed by atoms with van der Waals surface area (Å²) in [6.45, 7) is 1.76. The summed E-state index contributed by atoms with van der Waals surface area (Å²) in [6, 6.07) is 8.69. The van der Waals surface area contributed by atoms with E-state index in [1.165, 1.54) is 24.3 Å². The molecule has 6 heteroatoms. The van der Waals surface area contributed by atoms with Crippen LogP contribution in [0.3, 0.4) is 0 Å². The van der Waals surface area contributed by atoms with E-state index in [-0.39, 0.29) is 11.9 Å². The lowest BCUT2D eigenvalue weighted by molar-refractivity contribution is 0.180. The first kappa shape index (κ1) is 16.4. The van der Waals surface area contributed by atoms with Crippen molar-refractivity contribution in [1.82, 2.24) is 0 Å². The van der Waals surface area contributed by atoms with Crippen molar-refractivity contribution >= 4 is 34.8 Å². The minimum atomic E-state index is -0.560. The third-order valence-electron chi connectivity index (χ3n) is 2.88. The van der Waals surface area contributed by atoms with Gasteiger partial charge in [0.15, 0.2) is 0 Å². The molecular weight excluding hydrogens is 336 g/mol. The summed E-state index contributed by atoms with van der Waals surface area (Å²) >= 11 is 17.9. The van der Waals surface area contributed by atoms with Crippen molar-refractivity contribution < 1.29 is 9.13 Å². The normalized spacial score (nSPS) is 13.8. The predicted octanol–water partition coefficient (Wildman–Crippen LogP) is 5.25. The van der Waals surface area contributed by atoms with Crippen LogP contribution in [0.2, 0.25) is 15.1 Å². The van der Waals surface area contributed by atoms with Gasteiger partial charge in [-0.1, -0.05) is 46.9 Å². The number of rotatable bonds is 4. The molecule has 0 aliphatic rings. The highest BCUT2D eigenvalue weighted by Gasteiger charge is 2.20. The second kappa shape index (κ2) is 6.84. The summed E-state index contributed by atoms with van der Waals surface area (Å²) in [7, 11) is 0. The third-order valence-corrected chi connectivity index (χ3v) is 3.90. The molecule has 0 bridgehead atoms. The van der Waals surface area contributed by atoms with Gasteiger partial charge in [-0.2, -0.15) is 0 Å². The zero-order chi connectivity index (χ0) is 15.6. The quantitative estimate of drug-likeness (QED) is 0.766. The van der Waals surface area contributed by atoms with Crippen molar-refractivity contribution in [2.75, 3.05) is 0 Å². The topological polar surface area (TPSA) is 35.2 Å². The van der Waals surface area contributed by atoms with E-state index >= 15 is 0 Å². The molecule has 2 rings (SSSR count). The molecule has 2 aromatic carbocycles. The average molecular weight is 349 g/mol. The minimum Gasteiger partial charge on any atom is -0.482 e. The number of hydrogen-bond acceptors (Lipinski definition) is 2. The van der Waals surface area contributed by atoms with E-state index in [9.17, 15) is 4.39 Å². The number of nitrogens with two attached hydrogens (primary N) is 1. The standard InChI is InChI=1S/C15H13Cl3FNO/c1-8(20)15(9-3-2-4-10(19)5-9)21-14-7-12(17)11(16)6-13(14)18/h2-8,15H,20H2,1H3. The Morgan fingerprint density at radius 3 is 2.33 bits per heavy atom. The van der Waals surface area contributed by atoms with Gasteiger partial charge in [-0.05, 0) is 30.7 Å². The maximum absolute atomic E-state index is 13.4. The van der Waals surface area contributed by atoms with E-state index in [0.717, 1.165) is 0 Å². The van der Waals surface area contributed by atoms with Gasteiger partial charge in [0.2, 0.25) is 0 Å². The van der Waals surface area contributed by atoms with E-state index in [1.807, 2.05) is 0 Å². The zero-order valence-corrected chi connectivity index (χ0v) is 13.4. The molecule has 0 saturated carbocycles. The maximum atomic E-state index is 13.4. The lowest BCUT2D eigenvalue weighted by Crippen LogP contribution is -2.29. The Hall–Kier alpha value is -1.00. The molecule has 0 spiro atoms. The Morgan fingerprint density at radius 1 is 1.05 bits per heavy atom. The molecule has 2 unspecified atom stereocenters. The van der Waals surface area contributed by atoms with Crippen LogP contribution in [0.15, 0.2) is 36.4 Å². The Labute approximate surface area is 137 Å². The van der Waals surface area contributed by atoms with E-state index in [0.29, 0.717) is 26.4 Å². The van der Waals surface area contributed by atoms with Crippen LogP contribution in [0.1, 0.15) is 18.6 Å². The fraction of sp³-hybridized carbons (Fsp3) is 0.200. The molecule has 2 aromatic rings. The monoisotopic (exact) mass is 347 g/mol. The molecule has 2 N–H and O–H groups in total. The first-order chi connectivity index (χ1) is 9.88. The second-order valence-electron chi connectivity index (χ2n) is 4.65. The van der Waals surface area contributed by atoms with Gasteiger partial charge in [-0.15, -0.1) is 0 Å². The molecule has 2 nitrogen and oxygen atoms in total. The summed E-state index contributed by atoms with van der Waals surface area (Å²) < 4.78 is 19.2. The number of hydrogen-bond donors (Lipinski definition) is 1. The summed E-state index contributed by atoms with van der Waals surface area (Å²) in [6.07, 6.45) is -0.560. The van der Waals surface area contributed by atoms with Gasteiger partial charge in [-0.25, -0.2) is 4.39 Å². The highest BCUT2D eigenvalue weighted by Crippen LogP contribution is 2.36. The van der Waals surface area contributed by atoms with E-state index in [2.05, 4.69) is 0 Å². The van der Waals surface area contributed by atoms with Gasteiger partial charge in [0.25, 0.3) is 0 Å². The van der Waals surface area contributed by atoms with E-state index in [1.54, 1.807) is 19.1 Å². The summed E-state index contributed by atoms with van der Waals surface area (Å²) in [5.74, 6) is -0.0142. The Kier molecular flexibility index (Phi) is 5.33. The van der Waals surface area contributed by atoms with E-state index in [4.69, 9.17) is 45.3 Å². The van der Waals surface area contributed by atoms with Gasteiger partial charge in [0, 0.05) is 12.1 Å². The van der Waals surface area contributed by atoms with Crippen LogP contribution in [-0.2, 0) is 0 Å². The van der Waals surface area contributed by atoms with Gasteiger partial charge in [0.05, 0.1) is 15.1 Å². The smallest absolute Gasteiger partial charge is 0.140 e. The van der Waals surface area contributed by atoms with Crippen molar-refractivity contribution in [2.24, 2.45) is 5.73 Å². The molecule has 0 aromatic heterocycles. The van der Waals surface area contributed by atoms with Crippen LogP contribution >= 0.6 is 34.8 Å². The fourth-order valence-electron chi connectivity index (χ4n) is 1.89. The van der Waals surface area contributed by atoms with Crippen LogP contribution in [0.25, 0.3) is 0 Å². The van der Waals surface area contributed by atoms with Gasteiger partial charge in [-0.3, -0.25) is 0 Å². The lowest BCUT2D eigenvalue weighted by atomic mass is 10.0. The Morgan fingerprint density at radius 2 is 1.71 bits per heavy atom. The molecule has 112 valence electrons. The third kappa shape index (κ3) is 4.01. The molecule has 0 fully saturated rings. The number of benzene rings is 2. The van der Waals surface area contributed by atoms with Crippen LogP contribution < -0.4 is 10.5 Å². The van der Waals surface area contributed by atoms with Crippen molar-refractivity contribution in [3.8, 4) is 5.75 Å². The Bertz CT molecular complexity index is 649. The second-order valence-corrected chi connectivity index (χ2v) is 5.87. The van der Waals surface area contributed by atoms with E-state index < -0.39 is 6.10 Å². The first-order valence-corrected chi connectivity index (χ1v) is 7.34. The first-order valence-electron chi connectivity index (χ1n) is 6.20. The number of ether oxygens (including phenoxy) is 1. The van der Waals surface area contributed by atoms with Crippen molar-refractivity contribution in [2.45, 2.75) is 19.1 Å². The van der Waals surface area contributed by atoms with Crippen LogP contribution in [0.5, 0.6) is 5.75 Å². The predicted molar refractivity (Wildman–Crippen MR) is 84.9 cm³/mol.